The van der Waals surface area contributed by atoms with Gasteiger partial charge < -0.3 is 49.7 Å². The van der Waals surface area contributed by atoms with Crippen molar-refractivity contribution in [3.05, 3.63) is 144 Å². The van der Waals surface area contributed by atoms with Gasteiger partial charge in [0, 0.05) is 37.6 Å². The molecule has 82 heavy (non-hydrogen) atoms. The lowest BCUT2D eigenvalue weighted by molar-refractivity contribution is 0.0517. The number of anilines is 2. The Labute approximate surface area is 482 Å². The number of nitrogens with zero attached hydrogens (tertiary/aromatic N) is 2. The molecule has 442 valence electrons. The van der Waals surface area contributed by atoms with Crippen LogP contribution < -0.4 is 40.2 Å². The van der Waals surface area contributed by atoms with Gasteiger partial charge in [-0.3, -0.25) is 9.80 Å². The number of carbonyl (C=O) groups is 2. The van der Waals surface area contributed by atoms with Crippen LogP contribution in [-0.2, 0) is 51.8 Å². The highest BCUT2D eigenvalue weighted by Gasteiger charge is 2.40. The standard InChI is InChI=1S/C60H78N8O12S2/c69-59(61-27-35-75-39-41-77-37-29-63-81(71,72)51-23-19-49(20-24-51)79-57-53-13-5-3-11-45(53)43-55(57)67-31-7-1-8-32-67)65-47-15-17-48(18-16-47)66-60(70)62-28-36-76-40-42-78-38-30-64-82(73,74)52-25-21-50(22-26-52)80-58-54-14-6-4-12-46(54)44-56(58)68-33-9-2-10-34-68/h3-6,11-26,55-58,63-64H,1-2,7-10,27-44H2,(H2,61,65,69)(H2,62,66,70)/t55?,56?,57-,58-/m0/s1. The number of likely N-dealkylation sites (tertiary alicyclic amines) is 2. The van der Waals surface area contributed by atoms with E-state index < -0.39 is 32.1 Å². The summed E-state index contributed by atoms with van der Waals surface area (Å²) in [5.41, 5.74) is 6.03. The second kappa shape index (κ2) is 30.4. The van der Waals surface area contributed by atoms with E-state index in [0.29, 0.717) is 22.9 Å². The first-order chi connectivity index (χ1) is 40.0. The van der Waals surface area contributed by atoms with Crippen molar-refractivity contribution in [2.24, 2.45) is 0 Å². The van der Waals surface area contributed by atoms with E-state index in [4.69, 9.17) is 28.4 Å². The van der Waals surface area contributed by atoms with Gasteiger partial charge in [0.25, 0.3) is 0 Å². The van der Waals surface area contributed by atoms with Crippen LogP contribution in [0.25, 0.3) is 0 Å². The molecule has 2 fully saturated rings. The Hall–Kier alpha value is -6.18. The van der Waals surface area contributed by atoms with Gasteiger partial charge in [-0.05, 0) is 160 Å². The van der Waals surface area contributed by atoms with Crippen LogP contribution in [-0.4, -0.2) is 156 Å². The summed E-state index contributed by atoms with van der Waals surface area (Å²) in [6, 6.07) is 36.2. The maximum absolute atomic E-state index is 13.0. The number of hydrogen-bond donors (Lipinski definition) is 6. The zero-order chi connectivity index (χ0) is 57.0. The first-order valence-corrected chi connectivity index (χ1v) is 31.6. The summed E-state index contributed by atoms with van der Waals surface area (Å²) in [6.45, 7) is 6.70. The van der Waals surface area contributed by atoms with Crippen molar-refractivity contribution in [1.29, 1.82) is 0 Å². The van der Waals surface area contributed by atoms with Crippen LogP contribution >= 0.6 is 0 Å². The molecule has 5 aromatic rings. The largest absolute Gasteiger partial charge is 0.484 e. The molecule has 6 N–H and O–H groups in total. The van der Waals surface area contributed by atoms with Crippen LogP contribution in [0.2, 0.25) is 0 Å². The average Bonchev–Trinajstić information content (AvgIpc) is 4.26. The van der Waals surface area contributed by atoms with E-state index in [-0.39, 0.29) is 113 Å². The lowest BCUT2D eigenvalue weighted by atomic mass is 10.0. The Morgan fingerprint density at radius 2 is 0.780 bits per heavy atom. The molecule has 0 saturated carbocycles. The molecule has 9 rings (SSSR count). The fraction of sp³-hybridized carbons (Fsp3) is 0.467. The van der Waals surface area contributed by atoms with E-state index in [1.165, 1.54) is 60.8 Å². The summed E-state index contributed by atoms with van der Waals surface area (Å²) >= 11 is 0. The van der Waals surface area contributed by atoms with Crippen LogP contribution in [0.3, 0.4) is 0 Å². The summed E-state index contributed by atoms with van der Waals surface area (Å²) in [5, 5.41) is 10.9. The van der Waals surface area contributed by atoms with E-state index in [9.17, 15) is 26.4 Å². The molecule has 2 unspecified atom stereocenters. The Kier molecular flexibility index (Phi) is 22.4. The molecule has 0 bridgehead atoms. The highest BCUT2D eigenvalue weighted by atomic mass is 32.2. The van der Waals surface area contributed by atoms with Crippen molar-refractivity contribution in [2.75, 3.05) is 116 Å². The van der Waals surface area contributed by atoms with E-state index in [1.54, 1.807) is 72.8 Å². The van der Waals surface area contributed by atoms with Gasteiger partial charge in [0.1, 0.15) is 23.7 Å². The molecule has 2 saturated heterocycles. The maximum Gasteiger partial charge on any atom is 0.319 e. The summed E-state index contributed by atoms with van der Waals surface area (Å²) in [7, 11) is -7.51. The third-order valence-electron chi connectivity index (χ3n) is 15.1. The fourth-order valence-electron chi connectivity index (χ4n) is 11.0. The predicted molar refractivity (Wildman–Crippen MR) is 312 cm³/mol. The normalized spacial score (nSPS) is 19.2. The number of nitrogens with one attached hydrogen (secondary N) is 6. The summed E-state index contributed by atoms with van der Waals surface area (Å²) in [4.78, 5) is 30.2. The minimum Gasteiger partial charge on any atom is -0.484 e. The number of sulfonamides is 2. The van der Waals surface area contributed by atoms with Crippen LogP contribution in [0.15, 0.2) is 131 Å². The van der Waals surface area contributed by atoms with Crippen molar-refractivity contribution < 1.29 is 54.8 Å². The molecule has 4 aliphatic rings. The summed E-state index contributed by atoms with van der Waals surface area (Å²) < 4.78 is 92.4. The van der Waals surface area contributed by atoms with Crippen LogP contribution in [0.5, 0.6) is 11.5 Å². The molecule has 2 heterocycles. The number of fused-ring (bicyclic) bond motifs is 2. The Bertz CT molecular complexity index is 2830. The van der Waals surface area contributed by atoms with Crippen LogP contribution in [0.1, 0.15) is 73.0 Å². The van der Waals surface area contributed by atoms with E-state index >= 15 is 0 Å². The molecule has 2 aliphatic heterocycles. The van der Waals surface area contributed by atoms with Crippen molar-refractivity contribution in [2.45, 2.75) is 85.4 Å². The number of rotatable bonds is 30. The average molecular weight is 1170 g/mol. The molecular weight excluding hydrogens is 1090 g/mol. The lowest BCUT2D eigenvalue weighted by Crippen LogP contribution is -2.43. The van der Waals surface area contributed by atoms with Gasteiger partial charge in [-0.2, -0.15) is 0 Å². The van der Waals surface area contributed by atoms with Crippen molar-refractivity contribution in [3.8, 4) is 11.5 Å². The third-order valence-corrected chi connectivity index (χ3v) is 18.0. The molecule has 20 nitrogen and oxygen atoms in total. The minimum atomic E-state index is -3.76. The number of hydrogen-bond acceptors (Lipinski definition) is 14. The monoisotopic (exact) mass is 1170 g/mol. The van der Waals surface area contributed by atoms with Gasteiger partial charge in [-0.1, -0.05) is 61.4 Å². The van der Waals surface area contributed by atoms with Gasteiger partial charge in [-0.15, -0.1) is 0 Å². The van der Waals surface area contributed by atoms with Crippen molar-refractivity contribution in [1.82, 2.24) is 29.9 Å². The van der Waals surface area contributed by atoms with Crippen LogP contribution in [0, 0.1) is 0 Å². The first-order valence-electron chi connectivity index (χ1n) is 28.7. The highest BCUT2D eigenvalue weighted by molar-refractivity contribution is 7.89. The number of benzene rings is 5. The van der Waals surface area contributed by atoms with Gasteiger partial charge in [0.15, 0.2) is 0 Å². The molecular formula is C60H78N8O12S2. The van der Waals surface area contributed by atoms with E-state index in [1.807, 2.05) is 12.1 Å². The number of amides is 4. The number of urea groups is 2. The van der Waals surface area contributed by atoms with E-state index in [2.05, 4.69) is 76.9 Å². The Morgan fingerprint density at radius 1 is 0.427 bits per heavy atom. The smallest absolute Gasteiger partial charge is 0.319 e. The zero-order valence-electron chi connectivity index (χ0n) is 46.4. The Morgan fingerprint density at radius 3 is 1.16 bits per heavy atom. The maximum atomic E-state index is 13.0. The van der Waals surface area contributed by atoms with Gasteiger partial charge in [0.2, 0.25) is 20.0 Å². The van der Waals surface area contributed by atoms with Crippen LogP contribution in [0.4, 0.5) is 21.0 Å². The SMILES string of the molecule is O=C(NCCOCCOCCNS(=O)(=O)c1ccc(O[C@H]2c3ccccc3CC2N2CCCCC2)cc1)Nc1ccc(NC(=O)NCCOCCOCCNS(=O)(=O)c2ccc(O[C@H]3c4ccccc4CC3N3CCCCC3)cc2)cc1. The summed E-state index contributed by atoms with van der Waals surface area (Å²) in [6.07, 6.45) is 8.95. The first kappa shape index (κ1) is 60.4. The molecule has 22 heteroatoms. The molecule has 4 atom stereocenters. The van der Waals surface area contributed by atoms with Crippen molar-refractivity contribution in [3.63, 3.8) is 0 Å². The lowest BCUT2D eigenvalue weighted by Gasteiger charge is -2.35. The second-order valence-corrected chi connectivity index (χ2v) is 24.3. The molecule has 0 aromatic heterocycles. The molecule has 2 aliphatic carbocycles. The summed E-state index contributed by atoms with van der Waals surface area (Å²) in [5.74, 6) is 1.26. The topological polar surface area (TPSA) is 236 Å². The third kappa shape index (κ3) is 17.4. The minimum absolute atomic E-state index is 0.0861. The second-order valence-electron chi connectivity index (χ2n) is 20.7. The Balaban J connectivity index is 0.555. The number of piperidine rings is 2. The molecule has 5 aromatic carbocycles. The quantitative estimate of drug-likeness (QED) is 0.0254. The van der Waals surface area contributed by atoms with Crippen molar-refractivity contribution >= 4 is 43.5 Å². The molecule has 0 radical (unpaired) electrons. The molecule has 4 amide bonds. The fourth-order valence-corrected chi connectivity index (χ4v) is 13.0. The molecule has 0 spiro atoms. The zero-order valence-corrected chi connectivity index (χ0v) is 48.1. The van der Waals surface area contributed by atoms with Gasteiger partial charge in [-0.25, -0.2) is 35.9 Å². The van der Waals surface area contributed by atoms with Gasteiger partial charge in [0.05, 0.1) is 74.7 Å². The van der Waals surface area contributed by atoms with E-state index in [0.717, 1.165) is 39.0 Å². The van der Waals surface area contributed by atoms with Gasteiger partial charge >= 0.3 is 12.1 Å². The number of carbonyl (C=O) groups excluding carboxylic acids is 2. The number of ether oxygens (including phenoxy) is 6. The predicted octanol–water partition coefficient (Wildman–Crippen LogP) is 7.01. The highest BCUT2D eigenvalue weighted by Crippen LogP contribution is 2.41.